The van der Waals surface area contributed by atoms with Crippen molar-refractivity contribution < 1.29 is 17.7 Å². The van der Waals surface area contributed by atoms with Crippen molar-refractivity contribution in [1.29, 1.82) is 0 Å². The Hall–Kier alpha value is -1.40. The summed E-state index contributed by atoms with van der Waals surface area (Å²) in [5.74, 6) is 0.0955. The van der Waals surface area contributed by atoms with Crippen molar-refractivity contribution in [2.45, 2.75) is 56.4 Å². The van der Waals surface area contributed by atoms with Crippen molar-refractivity contribution in [2.75, 3.05) is 6.61 Å². The third-order valence-electron chi connectivity index (χ3n) is 5.60. The second-order valence-corrected chi connectivity index (χ2v) is 10.1. The maximum absolute atomic E-state index is 12.4. The normalized spacial score (nSPS) is 22.3. The quantitative estimate of drug-likeness (QED) is 0.675. The van der Waals surface area contributed by atoms with E-state index in [1.165, 1.54) is 12.1 Å². The lowest BCUT2D eigenvalue weighted by atomic mass is 9.66. The van der Waals surface area contributed by atoms with Gasteiger partial charge in [0.1, 0.15) is 0 Å². The number of fused-ring (bicyclic) bond motifs is 1. The van der Waals surface area contributed by atoms with Crippen LogP contribution in [0.1, 0.15) is 49.3 Å². The molecule has 1 aliphatic carbocycles. The van der Waals surface area contributed by atoms with Crippen molar-refractivity contribution >= 4 is 21.7 Å². The molecule has 0 bridgehead atoms. The van der Waals surface area contributed by atoms with Crippen molar-refractivity contribution in [3.05, 3.63) is 64.2 Å². The van der Waals surface area contributed by atoms with E-state index in [9.17, 15) is 13.5 Å². The Labute approximate surface area is 172 Å². The number of halogens is 1. The molecule has 3 rings (SSSR count). The predicted molar refractivity (Wildman–Crippen MR) is 111 cm³/mol. The molecule has 0 unspecified atom stereocenters. The van der Waals surface area contributed by atoms with Crippen LogP contribution >= 0.6 is 11.6 Å². The number of hydrogen-bond acceptors (Lipinski definition) is 4. The van der Waals surface area contributed by atoms with E-state index in [0.717, 1.165) is 16.7 Å². The summed E-state index contributed by atoms with van der Waals surface area (Å²) in [6.45, 7) is 5.98. The molecule has 1 N–H and O–H groups in total. The van der Waals surface area contributed by atoms with E-state index in [-0.39, 0.29) is 29.8 Å². The number of hydrogen-bond donors (Lipinski definition) is 1. The van der Waals surface area contributed by atoms with Crippen LogP contribution < -0.4 is 0 Å². The van der Waals surface area contributed by atoms with Crippen molar-refractivity contribution in [3.8, 4) is 0 Å². The number of benzene rings is 2. The topological polar surface area (TPSA) is 63.6 Å². The van der Waals surface area contributed by atoms with Crippen LogP contribution in [0.3, 0.4) is 0 Å². The molecule has 0 fully saturated rings. The maximum atomic E-state index is 12.4. The Morgan fingerprint density at radius 3 is 2.54 bits per heavy atom. The van der Waals surface area contributed by atoms with Crippen LogP contribution in [-0.4, -0.2) is 25.7 Å². The van der Waals surface area contributed by atoms with Gasteiger partial charge in [0.25, 0.3) is 10.1 Å². The fraction of sp³-hybridized carbons (Fsp3) is 0.455. The van der Waals surface area contributed by atoms with Gasteiger partial charge < -0.3 is 5.11 Å². The van der Waals surface area contributed by atoms with Gasteiger partial charge in [-0.1, -0.05) is 49.2 Å². The molecule has 0 radical (unpaired) electrons. The summed E-state index contributed by atoms with van der Waals surface area (Å²) >= 11 is 6.13. The van der Waals surface area contributed by atoms with Crippen LogP contribution in [0.2, 0.25) is 5.02 Å². The Morgan fingerprint density at radius 2 is 1.89 bits per heavy atom. The number of aryl methyl sites for hydroxylation is 2. The number of rotatable bonds is 6. The van der Waals surface area contributed by atoms with Gasteiger partial charge in [-0.3, -0.25) is 4.18 Å². The zero-order valence-corrected chi connectivity index (χ0v) is 18.1. The average Bonchev–Trinajstić information content (AvgIpc) is 2.61. The highest BCUT2D eigenvalue weighted by Crippen LogP contribution is 2.46. The van der Waals surface area contributed by atoms with Gasteiger partial charge in [-0.25, -0.2) is 0 Å². The molecule has 4 nitrogen and oxygen atoms in total. The standard InChI is InChI=1S/C22H27ClO4S/c1-15(2)21-20-9-6-18(23)14-17(20)10-11-22(21,24)12-13-27-28(25,26)19-7-4-16(3)5-8-19/h4-9,14-15,21,24H,10-13H2,1-3H3/t21-,22+/m0/s1. The zero-order valence-electron chi connectivity index (χ0n) is 16.5. The lowest BCUT2D eigenvalue weighted by Crippen LogP contribution is -2.43. The number of aliphatic hydroxyl groups is 1. The van der Waals surface area contributed by atoms with Crippen LogP contribution in [0.4, 0.5) is 0 Å². The smallest absolute Gasteiger partial charge is 0.296 e. The lowest BCUT2D eigenvalue weighted by molar-refractivity contribution is -0.0327. The van der Waals surface area contributed by atoms with Crippen molar-refractivity contribution in [2.24, 2.45) is 5.92 Å². The minimum absolute atomic E-state index is 0.0567. The molecule has 152 valence electrons. The molecule has 6 heteroatoms. The fourth-order valence-corrected chi connectivity index (χ4v) is 5.35. The molecule has 2 atom stereocenters. The summed E-state index contributed by atoms with van der Waals surface area (Å²) < 4.78 is 30.1. The van der Waals surface area contributed by atoms with Crippen LogP contribution in [0.5, 0.6) is 0 Å². The SMILES string of the molecule is Cc1ccc(S(=O)(=O)OCC[C@]2(O)CCc3cc(Cl)ccc3[C@@H]2C(C)C)cc1. The first-order chi connectivity index (χ1) is 13.1. The first-order valence-corrected chi connectivity index (χ1v) is 11.4. The summed E-state index contributed by atoms with van der Waals surface area (Å²) in [6.07, 6.45) is 1.51. The molecular formula is C22H27ClO4S. The Kier molecular flexibility index (Phi) is 6.20. The molecule has 0 saturated carbocycles. The lowest BCUT2D eigenvalue weighted by Gasteiger charge is -2.43. The Balaban J connectivity index is 1.75. The van der Waals surface area contributed by atoms with Gasteiger partial charge in [0.2, 0.25) is 0 Å². The summed E-state index contributed by atoms with van der Waals surface area (Å²) in [5, 5.41) is 12.1. The molecule has 0 spiro atoms. The fourth-order valence-electron chi connectivity index (χ4n) is 4.25. The van der Waals surface area contributed by atoms with Crippen LogP contribution in [0.15, 0.2) is 47.4 Å². The first kappa shape index (κ1) is 21.3. The van der Waals surface area contributed by atoms with Gasteiger partial charge >= 0.3 is 0 Å². The summed E-state index contributed by atoms with van der Waals surface area (Å²) in [7, 11) is -3.84. The summed E-state index contributed by atoms with van der Waals surface area (Å²) in [5.41, 5.74) is 2.21. The second-order valence-electron chi connectivity index (χ2n) is 8.01. The van der Waals surface area contributed by atoms with E-state index in [1.54, 1.807) is 12.1 Å². The summed E-state index contributed by atoms with van der Waals surface area (Å²) in [6, 6.07) is 12.3. The van der Waals surface area contributed by atoms with Gasteiger partial charge in [-0.15, -0.1) is 0 Å². The molecular weight excluding hydrogens is 396 g/mol. The maximum Gasteiger partial charge on any atom is 0.296 e. The summed E-state index contributed by atoms with van der Waals surface area (Å²) in [4.78, 5) is 0.133. The minimum atomic E-state index is -3.84. The first-order valence-electron chi connectivity index (χ1n) is 9.59. The molecule has 0 aliphatic heterocycles. The van der Waals surface area contributed by atoms with Crippen LogP contribution in [-0.2, 0) is 20.7 Å². The monoisotopic (exact) mass is 422 g/mol. The second kappa shape index (κ2) is 8.15. The van der Waals surface area contributed by atoms with E-state index in [2.05, 4.69) is 13.8 Å². The van der Waals surface area contributed by atoms with E-state index < -0.39 is 15.7 Å². The Bertz CT molecular complexity index is 938. The third-order valence-corrected chi connectivity index (χ3v) is 7.16. The van der Waals surface area contributed by atoms with E-state index in [4.69, 9.17) is 15.8 Å². The van der Waals surface area contributed by atoms with Gasteiger partial charge in [-0.2, -0.15) is 8.42 Å². The van der Waals surface area contributed by atoms with Crippen molar-refractivity contribution in [3.63, 3.8) is 0 Å². The zero-order chi connectivity index (χ0) is 20.5. The van der Waals surface area contributed by atoms with Crippen LogP contribution in [0.25, 0.3) is 0 Å². The van der Waals surface area contributed by atoms with Gasteiger partial charge in [-0.05, 0) is 61.1 Å². The minimum Gasteiger partial charge on any atom is -0.389 e. The molecule has 2 aromatic carbocycles. The largest absolute Gasteiger partial charge is 0.389 e. The molecule has 0 saturated heterocycles. The van der Waals surface area contributed by atoms with Crippen LogP contribution in [0, 0.1) is 12.8 Å². The van der Waals surface area contributed by atoms with Gasteiger partial charge in [0.15, 0.2) is 0 Å². The molecule has 0 amide bonds. The van der Waals surface area contributed by atoms with Gasteiger partial charge in [0.05, 0.1) is 17.1 Å². The molecule has 28 heavy (non-hydrogen) atoms. The highest BCUT2D eigenvalue weighted by Gasteiger charge is 2.43. The highest BCUT2D eigenvalue weighted by molar-refractivity contribution is 7.86. The molecule has 1 aliphatic rings. The van der Waals surface area contributed by atoms with E-state index in [1.807, 2.05) is 25.1 Å². The van der Waals surface area contributed by atoms with E-state index >= 15 is 0 Å². The molecule has 0 aromatic heterocycles. The molecule has 0 heterocycles. The third kappa shape index (κ3) is 4.43. The Morgan fingerprint density at radius 1 is 1.21 bits per heavy atom. The van der Waals surface area contributed by atoms with E-state index in [0.29, 0.717) is 17.9 Å². The average molecular weight is 423 g/mol. The predicted octanol–water partition coefficient (Wildman–Crippen LogP) is 4.86. The van der Waals surface area contributed by atoms with Crippen molar-refractivity contribution in [1.82, 2.24) is 0 Å². The van der Waals surface area contributed by atoms with Gasteiger partial charge in [0, 0.05) is 17.4 Å². The highest BCUT2D eigenvalue weighted by atomic mass is 35.5. The molecule has 2 aromatic rings.